The van der Waals surface area contributed by atoms with Crippen molar-refractivity contribution in [3.8, 4) is 22.5 Å². The van der Waals surface area contributed by atoms with Crippen molar-refractivity contribution in [1.29, 1.82) is 0 Å². The number of aryl methyl sites for hydroxylation is 2. The van der Waals surface area contributed by atoms with Crippen LogP contribution in [0.1, 0.15) is 31.8 Å². The van der Waals surface area contributed by atoms with Crippen LogP contribution in [0.3, 0.4) is 0 Å². The lowest BCUT2D eigenvalue weighted by Gasteiger charge is -2.02. The van der Waals surface area contributed by atoms with E-state index in [9.17, 15) is 9.59 Å². The van der Waals surface area contributed by atoms with Gasteiger partial charge >= 0.3 is 0 Å². The van der Waals surface area contributed by atoms with E-state index >= 15 is 0 Å². The second-order valence-corrected chi connectivity index (χ2v) is 12.1. The Bertz CT molecular complexity index is 2330. The first kappa shape index (κ1) is 33.3. The molecule has 3 aromatic carbocycles. The van der Waals surface area contributed by atoms with Gasteiger partial charge in [-0.1, -0.05) is 48.6 Å². The number of carbonyl (C=O) groups is 2. The number of nitrogens with one attached hydrogen (secondary N) is 2. The van der Waals surface area contributed by atoms with Gasteiger partial charge in [0, 0.05) is 46.8 Å². The van der Waals surface area contributed by atoms with Gasteiger partial charge in [-0.3, -0.25) is 9.59 Å². The Morgan fingerprint density at radius 3 is 1.81 bits per heavy atom. The van der Waals surface area contributed by atoms with Crippen LogP contribution in [-0.2, 0) is 14.1 Å². The number of benzene rings is 3. The second kappa shape index (κ2) is 15.1. The molecule has 10 nitrogen and oxygen atoms in total. The minimum Gasteiger partial charge on any atom is -0.267 e. The van der Waals surface area contributed by atoms with Crippen molar-refractivity contribution in [3.63, 3.8) is 0 Å². The molecule has 2 amide bonds. The molecule has 0 fully saturated rings. The topological polar surface area (TPSA) is 100 Å². The molecule has 2 N–H and O–H groups in total. The maximum absolute atomic E-state index is 12.5. The van der Waals surface area contributed by atoms with E-state index in [-0.39, 0.29) is 11.8 Å². The Kier molecular flexibility index (Phi) is 9.70. The van der Waals surface area contributed by atoms with Crippen LogP contribution in [0.2, 0.25) is 0 Å². The summed E-state index contributed by atoms with van der Waals surface area (Å²) in [5.41, 5.74) is 14.5. The number of fused-ring (bicyclic) bond motifs is 2. The van der Waals surface area contributed by atoms with Gasteiger partial charge < -0.3 is 0 Å². The fraction of sp³-hybridized carbons (Fsp3) is 0.0476. The third kappa shape index (κ3) is 7.36. The quantitative estimate of drug-likeness (QED) is 0.104. The van der Waals surface area contributed by atoms with Crippen molar-refractivity contribution in [3.05, 3.63) is 168 Å². The molecule has 0 radical (unpaired) electrons. The zero-order chi connectivity index (χ0) is 35.9. The Hall–Kier alpha value is -7.20. The SMILES string of the molecule is Cn1c(-c2ccc(/C=C\C=N\NC(=O)c3ccc(C(=O)N/N=C/C=C\c4ccc(-c5cn6ccccc6[n+]5C)cc4)cc3)cc2)c[n+]2ccccc12. The van der Waals surface area contributed by atoms with Gasteiger partial charge in [0.2, 0.25) is 0 Å². The maximum Gasteiger partial charge on any atom is 0.286 e. The summed E-state index contributed by atoms with van der Waals surface area (Å²) in [6.07, 6.45) is 18.7. The highest BCUT2D eigenvalue weighted by atomic mass is 16.2. The number of hydrazone groups is 2. The first-order valence-corrected chi connectivity index (χ1v) is 16.7. The lowest BCUT2D eigenvalue weighted by Crippen LogP contribution is -2.29. The molecule has 0 bridgehead atoms. The molecule has 4 heterocycles. The summed E-state index contributed by atoms with van der Waals surface area (Å²) < 4.78 is 8.52. The number of hydrogen-bond acceptors (Lipinski definition) is 4. The molecule has 0 unspecified atom stereocenters. The molecule has 0 aliphatic carbocycles. The number of aromatic nitrogens is 4. The van der Waals surface area contributed by atoms with Crippen molar-refractivity contribution < 1.29 is 18.6 Å². The van der Waals surface area contributed by atoms with E-state index < -0.39 is 0 Å². The Morgan fingerprint density at radius 2 is 1.23 bits per heavy atom. The lowest BCUT2D eigenvalue weighted by atomic mass is 10.1. The molecule has 7 rings (SSSR count). The molecule has 10 heteroatoms. The zero-order valence-corrected chi connectivity index (χ0v) is 28.7. The summed E-state index contributed by atoms with van der Waals surface area (Å²) >= 11 is 0. The number of imidazole rings is 2. The van der Waals surface area contributed by atoms with E-state index in [1.165, 1.54) is 12.4 Å². The molecule has 52 heavy (non-hydrogen) atoms. The molecular weight excluding hydrogens is 649 g/mol. The smallest absolute Gasteiger partial charge is 0.267 e. The third-order valence-corrected chi connectivity index (χ3v) is 8.72. The molecule has 4 aromatic heterocycles. The highest BCUT2D eigenvalue weighted by molar-refractivity contribution is 5.98. The van der Waals surface area contributed by atoms with Gasteiger partial charge in [-0.05, 0) is 83.9 Å². The van der Waals surface area contributed by atoms with Gasteiger partial charge in [-0.2, -0.15) is 10.2 Å². The van der Waals surface area contributed by atoms with E-state index in [2.05, 4.69) is 102 Å². The predicted molar refractivity (Wildman–Crippen MR) is 204 cm³/mol. The zero-order valence-electron chi connectivity index (χ0n) is 28.7. The molecule has 0 atom stereocenters. The van der Waals surface area contributed by atoms with Crippen molar-refractivity contribution in [2.75, 3.05) is 0 Å². The maximum atomic E-state index is 12.5. The van der Waals surface area contributed by atoms with E-state index in [0.29, 0.717) is 11.1 Å². The van der Waals surface area contributed by atoms with Crippen molar-refractivity contribution in [1.82, 2.24) is 19.8 Å². The minimum atomic E-state index is -0.388. The summed E-state index contributed by atoms with van der Waals surface area (Å²) in [7, 11) is 4.11. The van der Waals surface area contributed by atoms with E-state index in [1.54, 1.807) is 36.4 Å². The average molecular weight is 685 g/mol. The number of carbonyl (C=O) groups excluding carboxylic acids is 2. The second-order valence-electron chi connectivity index (χ2n) is 12.1. The van der Waals surface area contributed by atoms with E-state index in [1.807, 2.05) is 73.1 Å². The Balaban J connectivity index is 0.856. The normalized spacial score (nSPS) is 11.9. The number of allylic oxidation sites excluding steroid dienone is 2. The monoisotopic (exact) mass is 684 g/mol. The fourth-order valence-electron chi connectivity index (χ4n) is 5.92. The molecule has 0 aliphatic rings. The molecule has 7 aromatic rings. The van der Waals surface area contributed by atoms with Crippen LogP contribution < -0.4 is 19.8 Å². The van der Waals surface area contributed by atoms with Crippen LogP contribution in [0.25, 0.3) is 46.0 Å². The summed E-state index contributed by atoms with van der Waals surface area (Å²) in [4.78, 5) is 25.1. The van der Waals surface area contributed by atoms with Gasteiger partial charge in [-0.25, -0.2) is 28.8 Å². The van der Waals surface area contributed by atoms with Crippen LogP contribution >= 0.6 is 0 Å². The molecule has 0 spiro atoms. The summed E-state index contributed by atoms with van der Waals surface area (Å²) in [5, 5.41) is 8.01. The Morgan fingerprint density at radius 1 is 0.673 bits per heavy atom. The van der Waals surface area contributed by atoms with Gasteiger partial charge in [-0.15, -0.1) is 0 Å². The van der Waals surface area contributed by atoms with Crippen molar-refractivity contribution in [2.45, 2.75) is 0 Å². The number of amides is 2. The predicted octanol–water partition coefficient (Wildman–Crippen LogP) is 6.03. The summed E-state index contributed by atoms with van der Waals surface area (Å²) in [6.45, 7) is 0. The molecule has 0 aliphatic heterocycles. The third-order valence-electron chi connectivity index (χ3n) is 8.72. The molecule has 254 valence electrons. The Labute approximate surface area is 300 Å². The number of hydrogen-bond donors (Lipinski definition) is 2. The van der Waals surface area contributed by atoms with E-state index in [4.69, 9.17) is 0 Å². The van der Waals surface area contributed by atoms with Crippen molar-refractivity contribution >= 4 is 47.7 Å². The highest BCUT2D eigenvalue weighted by Gasteiger charge is 2.16. The highest BCUT2D eigenvalue weighted by Crippen LogP contribution is 2.21. The number of pyridine rings is 2. The van der Waals surface area contributed by atoms with Crippen LogP contribution in [0.15, 0.2) is 156 Å². The first-order valence-electron chi connectivity index (χ1n) is 16.7. The standard InChI is InChI=1S/C42H34N8O2/c1-47-37(29-49-27-5-3-11-39(47)49)33-17-13-31(14-18-33)9-7-25-43-45-41(51)35-21-23-36(24-22-35)42(52)46-44-26-8-10-32-15-19-34(20-16-32)38-30-50-28-6-4-12-40(50)48(38)2/h3-30H,1-2H3/p+2/b9-7-,10-8-,43-25+,44-26+. The molecule has 0 saturated carbocycles. The van der Waals surface area contributed by atoms with E-state index in [0.717, 1.165) is 44.9 Å². The largest absolute Gasteiger partial charge is 0.286 e. The summed E-state index contributed by atoms with van der Waals surface area (Å²) in [5.74, 6) is -0.776. The van der Waals surface area contributed by atoms with Crippen LogP contribution in [0.4, 0.5) is 0 Å². The van der Waals surface area contributed by atoms with Crippen LogP contribution in [-0.4, -0.2) is 33.2 Å². The van der Waals surface area contributed by atoms with Gasteiger partial charge in [0.1, 0.15) is 12.4 Å². The lowest BCUT2D eigenvalue weighted by molar-refractivity contribution is -0.633. The average Bonchev–Trinajstić information content (AvgIpc) is 3.71. The summed E-state index contributed by atoms with van der Waals surface area (Å²) in [6, 6.07) is 34.9. The van der Waals surface area contributed by atoms with Gasteiger partial charge in [0.25, 0.3) is 23.1 Å². The van der Waals surface area contributed by atoms with Crippen LogP contribution in [0.5, 0.6) is 0 Å². The van der Waals surface area contributed by atoms with Gasteiger partial charge in [0.05, 0.1) is 26.5 Å². The molecule has 0 saturated heterocycles. The van der Waals surface area contributed by atoms with Gasteiger partial charge in [0.15, 0.2) is 11.4 Å². The van der Waals surface area contributed by atoms with Crippen molar-refractivity contribution in [2.24, 2.45) is 24.3 Å². The number of nitrogens with zero attached hydrogens (tertiary/aromatic N) is 6. The first-order chi connectivity index (χ1) is 25.4. The molecular formula is C42H36N8O2+2. The fourth-order valence-corrected chi connectivity index (χ4v) is 5.92. The number of rotatable bonds is 10. The van der Waals surface area contributed by atoms with Crippen LogP contribution in [0, 0.1) is 0 Å². The minimum absolute atomic E-state index is 0.372.